The number of carbonyl (C=O) groups excluding carboxylic acids is 1. The Bertz CT molecular complexity index is 673. The molecule has 0 aliphatic carbocycles. The lowest BCUT2D eigenvalue weighted by Gasteiger charge is -2.26. The molecular weight excluding hydrogens is 355 g/mol. The fourth-order valence-electron chi connectivity index (χ4n) is 1.27. The second kappa shape index (κ2) is 6.41. The van der Waals surface area contributed by atoms with Crippen LogP contribution in [0.2, 0.25) is 0 Å². The van der Waals surface area contributed by atoms with E-state index in [4.69, 9.17) is 0 Å². The molecule has 0 aromatic heterocycles. The molecule has 0 unspecified atom stereocenters. The molecule has 1 rings (SSSR count). The standard InChI is InChI=1S/C11H6F7N3O3/c12-9(13,10(14,15)11(16,17)18)8(22)20-19-5-6-2-1-3-7(4-6)21(23)24/h1-5H,(H,20,22). The van der Waals surface area contributed by atoms with Crippen molar-refractivity contribution in [3.05, 3.63) is 39.9 Å². The van der Waals surface area contributed by atoms with E-state index in [1.807, 2.05) is 0 Å². The first-order chi connectivity index (χ1) is 10.8. The van der Waals surface area contributed by atoms with Gasteiger partial charge in [-0.25, -0.2) is 5.43 Å². The van der Waals surface area contributed by atoms with Crippen molar-refractivity contribution in [2.75, 3.05) is 0 Å². The minimum Gasteiger partial charge on any atom is -0.266 e. The van der Waals surface area contributed by atoms with Crippen LogP contribution in [0.25, 0.3) is 0 Å². The number of nitro benzene ring substituents is 1. The molecule has 0 bridgehead atoms. The van der Waals surface area contributed by atoms with Gasteiger partial charge in [0.1, 0.15) is 0 Å². The Balaban J connectivity index is 2.89. The minimum atomic E-state index is -6.66. The molecule has 0 spiro atoms. The molecule has 0 saturated carbocycles. The summed E-state index contributed by atoms with van der Waals surface area (Å²) in [5, 5.41) is 13.2. The maximum atomic E-state index is 12.9. The summed E-state index contributed by atoms with van der Waals surface area (Å²) in [7, 11) is 0. The number of hydrogen-bond donors (Lipinski definition) is 1. The van der Waals surface area contributed by atoms with E-state index in [-0.39, 0.29) is 5.56 Å². The minimum absolute atomic E-state index is 0.101. The fourth-order valence-corrected chi connectivity index (χ4v) is 1.27. The number of non-ortho nitro benzene ring substituents is 1. The summed E-state index contributed by atoms with van der Waals surface area (Å²) in [6, 6.07) is 4.28. The number of nitrogens with one attached hydrogen (secondary N) is 1. The van der Waals surface area contributed by atoms with Crippen LogP contribution in [0.1, 0.15) is 5.56 Å². The van der Waals surface area contributed by atoms with Gasteiger partial charge in [0, 0.05) is 17.7 Å². The van der Waals surface area contributed by atoms with Crippen LogP contribution in [0.3, 0.4) is 0 Å². The summed E-state index contributed by atoms with van der Waals surface area (Å²) in [4.78, 5) is 20.5. The number of alkyl halides is 7. The number of nitro groups is 1. The van der Waals surface area contributed by atoms with Crippen molar-refractivity contribution < 1.29 is 40.5 Å². The molecule has 0 radical (unpaired) electrons. The molecule has 132 valence electrons. The van der Waals surface area contributed by atoms with Gasteiger partial charge in [0.15, 0.2) is 0 Å². The zero-order valence-electron chi connectivity index (χ0n) is 11.2. The summed E-state index contributed by atoms with van der Waals surface area (Å²) in [5.74, 6) is -15.7. The Kier molecular flexibility index (Phi) is 5.16. The van der Waals surface area contributed by atoms with E-state index >= 15 is 0 Å². The summed E-state index contributed by atoms with van der Waals surface area (Å²) in [6.07, 6.45) is -6.11. The van der Waals surface area contributed by atoms with Gasteiger partial charge in [-0.15, -0.1) is 0 Å². The van der Waals surface area contributed by atoms with Crippen molar-refractivity contribution in [2.45, 2.75) is 18.0 Å². The highest BCUT2D eigenvalue weighted by molar-refractivity contribution is 5.87. The second-order valence-electron chi connectivity index (χ2n) is 4.20. The van der Waals surface area contributed by atoms with Gasteiger partial charge >= 0.3 is 23.9 Å². The van der Waals surface area contributed by atoms with Gasteiger partial charge in [-0.1, -0.05) is 12.1 Å². The molecule has 1 aromatic carbocycles. The molecule has 1 N–H and O–H groups in total. The number of rotatable bonds is 5. The van der Waals surface area contributed by atoms with E-state index in [0.717, 1.165) is 23.6 Å². The Morgan fingerprint density at radius 1 is 1.17 bits per heavy atom. The van der Waals surface area contributed by atoms with E-state index in [2.05, 4.69) is 5.10 Å². The lowest BCUT2D eigenvalue weighted by Crippen LogP contribution is -2.58. The SMILES string of the molecule is O=C(NN=Cc1cccc([N+](=O)[O-])c1)C(F)(F)C(F)(F)C(F)(F)F. The Hall–Kier alpha value is -2.73. The predicted molar refractivity (Wildman–Crippen MR) is 64.8 cm³/mol. The largest absolute Gasteiger partial charge is 0.460 e. The number of carbonyl (C=O) groups is 1. The first-order valence-corrected chi connectivity index (χ1v) is 5.71. The van der Waals surface area contributed by atoms with Crippen LogP contribution in [0.4, 0.5) is 36.4 Å². The van der Waals surface area contributed by atoms with Crippen LogP contribution in [-0.2, 0) is 4.79 Å². The van der Waals surface area contributed by atoms with Gasteiger partial charge in [-0.2, -0.15) is 35.8 Å². The summed E-state index contributed by atoms with van der Waals surface area (Å²) in [5.41, 5.74) is 0.296. The Morgan fingerprint density at radius 2 is 1.75 bits per heavy atom. The van der Waals surface area contributed by atoms with E-state index in [1.165, 1.54) is 6.07 Å². The molecule has 6 nitrogen and oxygen atoms in total. The monoisotopic (exact) mass is 361 g/mol. The van der Waals surface area contributed by atoms with E-state index in [1.54, 1.807) is 0 Å². The average Bonchev–Trinajstić information content (AvgIpc) is 2.46. The molecule has 0 saturated heterocycles. The lowest BCUT2D eigenvalue weighted by atomic mass is 10.1. The predicted octanol–water partition coefficient (Wildman–Crippen LogP) is 2.88. The average molecular weight is 361 g/mol. The molecule has 0 atom stereocenters. The maximum Gasteiger partial charge on any atom is 0.460 e. The maximum absolute atomic E-state index is 12.9. The number of hydrazone groups is 1. The van der Waals surface area contributed by atoms with Gasteiger partial charge in [0.25, 0.3) is 5.69 Å². The van der Waals surface area contributed by atoms with Gasteiger partial charge in [0.2, 0.25) is 0 Å². The summed E-state index contributed by atoms with van der Waals surface area (Å²) in [6.45, 7) is 0. The fraction of sp³-hybridized carbons (Fsp3) is 0.273. The van der Waals surface area contributed by atoms with Gasteiger partial charge < -0.3 is 0 Å². The number of hydrogen-bond acceptors (Lipinski definition) is 4. The molecular formula is C11H6F7N3O3. The molecule has 1 amide bonds. The third-order valence-electron chi connectivity index (χ3n) is 2.50. The molecule has 0 aliphatic heterocycles. The zero-order chi connectivity index (χ0) is 18.8. The molecule has 0 aliphatic rings. The molecule has 13 heteroatoms. The highest BCUT2D eigenvalue weighted by atomic mass is 19.4. The third-order valence-corrected chi connectivity index (χ3v) is 2.50. The quantitative estimate of drug-likeness (QED) is 0.379. The highest BCUT2D eigenvalue weighted by Crippen LogP contribution is 2.46. The summed E-state index contributed by atoms with van der Waals surface area (Å²) < 4.78 is 86.7. The van der Waals surface area contributed by atoms with Crippen molar-refractivity contribution in [3.63, 3.8) is 0 Å². The van der Waals surface area contributed by atoms with Crippen LogP contribution < -0.4 is 5.43 Å². The van der Waals surface area contributed by atoms with Crippen LogP contribution in [-0.4, -0.2) is 35.1 Å². The molecule has 0 heterocycles. The molecule has 0 fully saturated rings. The highest BCUT2D eigenvalue weighted by Gasteiger charge is 2.76. The number of amides is 1. The van der Waals surface area contributed by atoms with Crippen LogP contribution in [0.15, 0.2) is 29.4 Å². The van der Waals surface area contributed by atoms with Gasteiger partial charge in [-0.05, 0) is 0 Å². The van der Waals surface area contributed by atoms with Gasteiger partial charge in [0.05, 0.1) is 11.1 Å². The van der Waals surface area contributed by atoms with Gasteiger partial charge in [-0.3, -0.25) is 14.9 Å². The topological polar surface area (TPSA) is 84.6 Å². The first-order valence-electron chi connectivity index (χ1n) is 5.71. The van der Waals surface area contributed by atoms with Crippen molar-refractivity contribution in [1.29, 1.82) is 0 Å². The normalized spacial score (nSPS) is 13.1. The van der Waals surface area contributed by atoms with E-state index < -0.39 is 34.5 Å². The third kappa shape index (κ3) is 3.78. The number of nitrogens with zero attached hydrogens (tertiary/aromatic N) is 2. The van der Waals surface area contributed by atoms with E-state index in [0.29, 0.717) is 6.21 Å². The second-order valence-corrected chi connectivity index (χ2v) is 4.20. The lowest BCUT2D eigenvalue weighted by molar-refractivity contribution is -0.384. The van der Waals surface area contributed by atoms with Crippen LogP contribution in [0.5, 0.6) is 0 Å². The van der Waals surface area contributed by atoms with Crippen molar-refractivity contribution >= 4 is 17.8 Å². The smallest absolute Gasteiger partial charge is 0.266 e. The van der Waals surface area contributed by atoms with Crippen LogP contribution in [0, 0.1) is 10.1 Å². The van der Waals surface area contributed by atoms with Crippen molar-refractivity contribution in [2.24, 2.45) is 5.10 Å². The molecule has 24 heavy (non-hydrogen) atoms. The Labute approximate surface area is 128 Å². The number of benzene rings is 1. The van der Waals surface area contributed by atoms with Crippen molar-refractivity contribution in [1.82, 2.24) is 5.43 Å². The van der Waals surface area contributed by atoms with Crippen molar-refractivity contribution in [3.8, 4) is 0 Å². The van der Waals surface area contributed by atoms with Crippen LogP contribution >= 0.6 is 0 Å². The zero-order valence-corrected chi connectivity index (χ0v) is 11.2. The van der Waals surface area contributed by atoms with E-state index in [9.17, 15) is 45.6 Å². The summed E-state index contributed by atoms with van der Waals surface area (Å²) >= 11 is 0. The Morgan fingerprint density at radius 3 is 2.25 bits per heavy atom. The molecule has 1 aromatic rings. The first kappa shape index (κ1) is 19.3. The number of halogens is 7.